The van der Waals surface area contributed by atoms with Crippen molar-refractivity contribution in [3.8, 4) is 5.75 Å². The topological polar surface area (TPSA) is 69.6 Å². The highest BCUT2D eigenvalue weighted by atomic mass is 35.5. The molecule has 2 aromatic carbocycles. The second-order valence-corrected chi connectivity index (χ2v) is 7.27. The number of benzene rings is 2. The van der Waals surface area contributed by atoms with Gasteiger partial charge in [-0.15, -0.1) is 0 Å². The highest BCUT2D eigenvalue weighted by Crippen LogP contribution is 2.17. The average molecular weight is 403 g/mol. The fourth-order valence-corrected chi connectivity index (χ4v) is 2.89. The highest BCUT2D eigenvalue weighted by Gasteiger charge is 2.17. The maximum atomic E-state index is 12.7. The number of hydrogen-bond acceptors (Lipinski definition) is 3. The van der Waals surface area contributed by atoms with E-state index in [1.54, 1.807) is 30.3 Å². The molecule has 2 amide bonds. The lowest BCUT2D eigenvalue weighted by Crippen LogP contribution is -2.47. The number of nitrogens with zero attached hydrogens (tertiary/aromatic N) is 1. The number of amides is 2. The van der Waals surface area contributed by atoms with E-state index in [2.05, 4.69) is 5.43 Å². The molecular formula is C22H27ClN2O3. The van der Waals surface area contributed by atoms with E-state index in [1.165, 1.54) is 5.01 Å². The van der Waals surface area contributed by atoms with E-state index in [0.29, 0.717) is 18.0 Å². The monoisotopic (exact) mass is 402 g/mol. The van der Waals surface area contributed by atoms with Crippen molar-refractivity contribution in [3.63, 3.8) is 0 Å². The van der Waals surface area contributed by atoms with E-state index >= 15 is 0 Å². The molecule has 2 N–H and O–H groups in total. The van der Waals surface area contributed by atoms with Crippen LogP contribution in [0.1, 0.15) is 42.9 Å². The minimum atomic E-state index is -0.204. The van der Waals surface area contributed by atoms with E-state index in [4.69, 9.17) is 11.6 Å². The fraction of sp³-hybridized carbons (Fsp3) is 0.364. The van der Waals surface area contributed by atoms with Crippen molar-refractivity contribution in [1.82, 2.24) is 10.4 Å². The van der Waals surface area contributed by atoms with Crippen molar-refractivity contribution in [3.05, 3.63) is 64.2 Å². The molecule has 2 aromatic rings. The Morgan fingerprint density at radius 2 is 1.79 bits per heavy atom. The van der Waals surface area contributed by atoms with Crippen molar-refractivity contribution in [2.75, 3.05) is 6.54 Å². The van der Waals surface area contributed by atoms with Crippen LogP contribution in [0.25, 0.3) is 0 Å². The summed E-state index contributed by atoms with van der Waals surface area (Å²) in [5, 5.41) is 11.4. The average Bonchev–Trinajstić information content (AvgIpc) is 2.67. The molecule has 0 spiro atoms. The molecule has 0 aliphatic carbocycles. The summed E-state index contributed by atoms with van der Waals surface area (Å²) in [5.74, 6) is -0.153. The quantitative estimate of drug-likeness (QED) is 0.650. The number of nitrogens with one attached hydrogen (secondary N) is 1. The molecule has 0 unspecified atom stereocenters. The Hall–Kier alpha value is -2.53. The number of unbranched alkanes of at least 4 members (excludes halogenated alkanes) is 1. The lowest BCUT2D eigenvalue weighted by atomic mass is 10.1. The van der Waals surface area contributed by atoms with Crippen molar-refractivity contribution < 1.29 is 14.7 Å². The molecule has 0 fully saturated rings. The third kappa shape index (κ3) is 6.89. The lowest BCUT2D eigenvalue weighted by molar-refractivity contribution is -0.141. The minimum Gasteiger partial charge on any atom is -0.508 e. The Kier molecular flexibility index (Phi) is 8.33. The molecule has 0 bridgehead atoms. The molecule has 0 atom stereocenters. The van der Waals surface area contributed by atoms with Gasteiger partial charge in [-0.3, -0.25) is 20.0 Å². The fourth-order valence-electron chi connectivity index (χ4n) is 2.77. The lowest BCUT2D eigenvalue weighted by Gasteiger charge is -2.23. The first-order valence-electron chi connectivity index (χ1n) is 9.52. The molecule has 0 saturated heterocycles. The van der Waals surface area contributed by atoms with Crippen molar-refractivity contribution in [2.24, 2.45) is 0 Å². The number of phenols is 1. The molecular weight excluding hydrogens is 376 g/mol. The van der Waals surface area contributed by atoms with Gasteiger partial charge in [0.1, 0.15) is 5.75 Å². The normalized spacial score (nSPS) is 10.5. The van der Waals surface area contributed by atoms with Crippen LogP contribution in [0.2, 0.25) is 5.02 Å². The third-order valence-electron chi connectivity index (χ3n) is 4.45. The van der Waals surface area contributed by atoms with Gasteiger partial charge >= 0.3 is 0 Å². The van der Waals surface area contributed by atoms with Gasteiger partial charge in [0.2, 0.25) is 11.8 Å². The Balaban J connectivity index is 1.94. The molecule has 2 rings (SSSR count). The van der Waals surface area contributed by atoms with Crippen LogP contribution in [-0.2, 0) is 22.4 Å². The summed E-state index contributed by atoms with van der Waals surface area (Å²) < 4.78 is 0. The van der Waals surface area contributed by atoms with Crippen LogP contribution in [0.3, 0.4) is 0 Å². The molecule has 0 radical (unpaired) electrons. The Bertz CT molecular complexity index is 806. The highest BCUT2D eigenvalue weighted by molar-refractivity contribution is 6.31. The van der Waals surface area contributed by atoms with Crippen LogP contribution < -0.4 is 5.43 Å². The van der Waals surface area contributed by atoms with Crippen LogP contribution in [0.4, 0.5) is 0 Å². The summed E-state index contributed by atoms with van der Waals surface area (Å²) in [6.45, 7) is 4.42. The molecule has 150 valence electrons. The van der Waals surface area contributed by atoms with E-state index in [-0.39, 0.29) is 30.4 Å². The summed E-state index contributed by atoms with van der Waals surface area (Å²) >= 11 is 6.04. The molecule has 0 aliphatic rings. The first-order chi connectivity index (χ1) is 13.4. The van der Waals surface area contributed by atoms with Gasteiger partial charge in [0.05, 0.1) is 6.42 Å². The van der Waals surface area contributed by atoms with E-state index in [1.807, 2.05) is 26.0 Å². The third-order valence-corrected chi connectivity index (χ3v) is 4.87. The SMILES string of the molecule is CCCCN(NC(=O)CCc1ccc(O)cc1)C(=O)Cc1ccc(Cl)c(C)c1. The first-order valence-corrected chi connectivity index (χ1v) is 9.89. The van der Waals surface area contributed by atoms with Crippen LogP contribution in [0.15, 0.2) is 42.5 Å². The molecule has 0 aliphatic heterocycles. The first kappa shape index (κ1) is 21.8. The molecule has 0 aromatic heterocycles. The number of phenolic OH excluding ortho intramolecular Hbond substituents is 1. The predicted molar refractivity (Wildman–Crippen MR) is 111 cm³/mol. The summed E-state index contributed by atoms with van der Waals surface area (Å²) in [4.78, 5) is 25.1. The maximum Gasteiger partial charge on any atom is 0.245 e. The summed E-state index contributed by atoms with van der Waals surface area (Å²) in [6.07, 6.45) is 2.75. The zero-order valence-electron chi connectivity index (χ0n) is 16.4. The molecule has 0 heterocycles. The summed E-state index contributed by atoms with van der Waals surface area (Å²) in [6, 6.07) is 12.3. The van der Waals surface area contributed by atoms with Gasteiger partial charge in [0.15, 0.2) is 0 Å². The predicted octanol–water partition coefficient (Wildman–Crippen LogP) is 4.19. The summed E-state index contributed by atoms with van der Waals surface area (Å²) in [7, 11) is 0. The zero-order valence-corrected chi connectivity index (χ0v) is 17.1. The van der Waals surface area contributed by atoms with Gasteiger partial charge in [-0.05, 0) is 54.7 Å². The second-order valence-electron chi connectivity index (χ2n) is 6.86. The number of aryl methyl sites for hydroxylation is 2. The molecule has 6 heteroatoms. The second kappa shape index (κ2) is 10.7. The van der Waals surface area contributed by atoms with Gasteiger partial charge in [-0.2, -0.15) is 0 Å². The summed E-state index contributed by atoms with van der Waals surface area (Å²) in [5.41, 5.74) is 5.49. The van der Waals surface area contributed by atoms with Crippen molar-refractivity contribution in [2.45, 2.75) is 46.0 Å². The molecule has 28 heavy (non-hydrogen) atoms. The van der Waals surface area contributed by atoms with E-state index in [9.17, 15) is 14.7 Å². The van der Waals surface area contributed by atoms with Gasteiger partial charge in [-0.25, -0.2) is 0 Å². The van der Waals surface area contributed by atoms with Gasteiger partial charge < -0.3 is 5.11 Å². The molecule has 0 saturated carbocycles. The Morgan fingerprint density at radius 1 is 1.11 bits per heavy atom. The molecule has 5 nitrogen and oxygen atoms in total. The van der Waals surface area contributed by atoms with Gasteiger partial charge in [0, 0.05) is 18.0 Å². The number of carbonyl (C=O) groups is 2. The number of carbonyl (C=O) groups excluding carboxylic acids is 2. The number of aromatic hydroxyl groups is 1. The maximum absolute atomic E-state index is 12.7. The van der Waals surface area contributed by atoms with Crippen LogP contribution in [0.5, 0.6) is 5.75 Å². The van der Waals surface area contributed by atoms with E-state index in [0.717, 1.165) is 29.5 Å². The zero-order chi connectivity index (χ0) is 20.5. The number of halogens is 1. The number of hydrazine groups is 1. The largest absolute Gasteiger partial charge is 0.508 e. The Labute approximate surface area is 171 Å². The van der Waals surface area contributed by atoms with Crippen molar-refractivity contribution in [1.29, 1.82) is 0 Å². The number of hydrogen-bond donors (Lipinski definition) is 2. The van der Waals surface area contributed by atoms with Crippen LogP contribution in [-0.4, -0.2) is 28.5 Å². The standard InChI is InChI=1S/C22H27ClN2O3/c1-3-4-13-25(22(28)15-18-7-11-20(23)16(2)14-18)24-21(27)12-8-17-5-9-19(26)10-6-17/h5-7,9-11,14,26H,3-4,8,12-13,15H2,1-2H3,(H,24,27). The minimum absolute atomic E-state index is 0.145. The van der Waals surface area contributed by atoms with Crippen LogP contribution >= 0.6 is 11.6 Å². The number of rotatable bonds is 8. The van der Waals surface area contributed by atoms with Crippen molar-refractivity contribution >= 4 is 23.4 Å². The van der Waals surface area contributed by atoms with Gasteiger partial charge in [0.25, 0.3) is 0 Å². The van der Waals surface area contributed by atoms with Crippen LogP contribution in [0, 0.1) is 6.92 Å². The Morgan fingerprint density at radius 3 is 2.43 bits per heavy atom. The smallest absolute Gasteiger partial charge is 0.245 e. The van der Waals surface area contributed by atoms with Gasteiger partial charge in [-0.1, -0.05) is 49.2 Å². The van der Waals surface area contributed by atoms with E-state index < -0.39 is 0 Å².